The van der Waals surface area contributed by atoms with E-state index in [2.05, 4.69) is 18.7 Å². The number of hydrogen-bond acceptors (Lipinski definition) is 4. The SMILES string of the molecule is C=CCO/N=C(/CCC)C1=C(O)CC(C2CCC(C)CC2)CC1=O. The number of rotatable bonds is 7. The highest BCUT2D eigenvalue weighted by molar-refractivity contribution is 6.23. The lowest BCUT2D eigenvalue weighted by Gasteiger charge is -2.34. The number of nitrogens with zero attached hydrogens (tertiary/aromatic N) is 1. The molecule has 134 valence electrons. The van der Waals surface area contributed by atoms with Gasteiger partial charge >= 0.3 is 0 Å². The number of carbonyl (C=O) groups is 1. The first-order valence-corrected chi connectivity index (χ1v) is 9.32. The van der Waals surface area contributed by atoms with Gasteiger partial charge in [0.15, 0.2) is 5.78 Å². The number of aliphatic hydroxyl groups excluding tert-OH is 1. The van der Waals surface area contributed by atoms with E-state index in [-0.39, 0.29) is 17.5 Å². The number of ketones is 1. The molecule has 2 aliphatic carbocycles. The van der Waals surface area contributed by atoms with Crippen LogP contribution in [0.1, 0.15) is 65.2 Å². The zero-order valence-electron chi connectivity index (χ0n) is 15.1. The highest BCUT2D eigenvalue weighted by Gasteiger charge is 2.35. The summed E-state index contributed by atoms with van der Waals surface area (Å²) in [4.78, 5) is 17.9. The van der Waals surface area contributed by atoms with Crippen LogP contribution in [0.25, 0.3) is 0 Å². The lowest BCUT2D eigenvalue weighted by Crippen LogP contribution is -2.30. The van der Waals surface area contributed by atoms with E-state index in [0.29, 0.717) is 43.1 Å². The van der Waals surface area contributed by atoms with E-state index in [1.165, 1.54) is 25.7 Å². The Labute approximate surface area is 145 Å². The molecule has 1 fully saturated rings. The van der Waals surface area contributed by atoms with Gasteiger partial charge in [-0.05, 0) is 37.0 Å². The monoisotopic (exact) mass is 333 g/mol. The van der Waals surface area contributed by atoms with Crippen molar-refractivity contribution in [3.05, 3.63) is 24.0 Å². The molecule has 24 heavy (non-hydrogen) atoms. The van der Waals surface area contributed by atoms with Crippen LogP contribution < -0.4 is 0 Å². The Morgan fingerprint density at radius 1 is 1.29 bits per heavy atom. The summed E-state index contributed by atoms with van der Waals surface area (Å²) in [5.41, 5.74) is 0.985. The predicted molar refractivity (Wildman–Crippen MR) is 97.0 cm³/mol. The van der Waals surface area contributed by atoms with Crippen molar-refractivity contribution in [2.45, 2.75) is 65.2 Å². The first-order valence-electron chi connectivity index (χ1n) is 9.32. The summed E-state index contributed by atoms with van der Waals surface area (Å²) >= 11 is 0. The summed E-state index contributed by atoms with van der Waals surface area (Å²) in [7, 11) is 0. The number of allylic oxidation sites excluding steroid dienone is 2. The molecule has 0 bridgehead atoms. The van der Waals surface area contributed by atoms with Crippen molar-refractivity contribution in [2.24, 2.45) is 22.9 Å². The van der Waals surface area contributed by atoms with E-state index in [4.69, 9.17) is 4.84 Å². The highest BCUT2D eigenvalue weighted by Crippen LogP contribution is 2.40. The second-order valence-electron chi connectivity index (χ2n) is 7.31. The molecular weight excluding hydrogens is 302 g/mol. The normalized spacial score (nSPS) is 28.8. The first-order chi connectivity index (χ1) is 11.6. The Morgan fingerprint density at radius 2 is 2.00 bits per heavy atom. The van der Waals surface area contributed by atoms with Crippen LogP contribution >= 0.6 is 0 Å². The van der Waals surface area contributed by atoms with Gasteiger partial charge in [-0.1, -0.05) is 50.9 Å². The van der Waals surface area contributed by atoms with Crippen LogP contribution in [0.4, 0.5) is 0 Å². The van der Waals surface area contributed by atoms with E-state index in [1.807, 2.05) is 6.92 Å². The van der Waals surface area contributed by atoms with E-state index >= 15 is 0 Å². The van der Waals surface area contributed by atoms with Crippen molar-refractivity contribution in [3.63, 3.8) is 0 Å². The predicted octanol–water partition coefficient (Wildman–Crippen LogP) is 4.96. The van der Waals surface area contributed by atoms with Crippen LogP contribution in [0.2, 0.25) is 0 Å². The van der Waals surface area contributed by atoms with Gasteiger partial charge < -0.3 is 9.94 Å². The average Bonchev–Trinajstić information content (AvgIpc) is 2.55. The second kappa shape index (κ2) is 9.05. The molecule has 2 rings (SSSR count). The van der Waals surface area contributed by atoms with Crippen LogP contribution in [0, 0.1) is 17.8 Å². The maximum Gasteiger partial charge on any atom is 0.168 e. The summed E-state index contributed by atoms with van der Waals surface area (Å²) in [5.74, 6) is 1.88. The van der Waals surface area contributed by atoms with Gasteiger partial charge in [0, 0.05) is 12.8 Å². The molecule has 1 saturated carbocycles. The average molecular weight is 333 g/mol. The summed E-state index contributed by atoms with van der Waals surface area (Å²) in [6, 6.07) is 0. The largest absolute Gasteiger partial charge is 0.511 e. The van der Waals surface area contributed by atoms with E-state index in [0.717, 1.165) is 12.3 Å². The molecule has 0 saturated heterocycles. The van der Waals surface area contributed by atoms with E-state index in [1.54, 1.807) is 6.08 Å². The highest BCUT2D eigenvalue weighted by atomic mass is 16.6. The zero-order valence-corrected chi connectivity index (χ0v) is 15.1. The second-order valence-corrected chi connectivity index (χ2v) is 7.31. The van der Waals surface area contributed by atoms with Gasteiger partial charge in [-0.3, -0.25) is 4.79 Å². The first kappa shape index (κ1) is 18.8. The van der Waals surface area contributed by atoms with Gasteiger partial charge in [0.25, 0.3) is 0 Å². The van der Waals surface area contributed by atoms with Crippen molar-refractivity contribution in [2.75, 3.05) is 6.61 Å². The van der Waals surface area contributed by atoms with Gasteiger partial charge in [-0.25, -0.2) is 0 Å². The minimum Gasteiger partial charge on any atom is -0.511 e. The number of Topliss-reactive ketones (excluding diaryl/α,β-unsaturated/α-hetero) is 1. The molecule has 0 amide bonds. The topological polar surface area (TPSA) is 58.9 Å². The Kier molecular flexibility index (Phi) is 7.07. The Bertz CT molecular complexity index is 513. The van der Waals surface area contributed by atoms with Crippen LogP contribution in [-0.4, -0.2) is 23.2 Å². The molecule has 1 N–H and O–H groups in total. The molecular formula is C20H31NO3. The number of aliphatic hydroxyl groups is 1. The van der Waals surface area contributed by atoms with Gasteiger partial charge in [0.1, 0.15) is 12.4 Å². The molecule has 4 nitrogen and oxygen atoms in total. The summed E-state index contributed by atoms with van der Waals surface area (Å²) in [6.07, 6.45) is 9.07. The van der Waals surface area contributed by atoms with Crippen molar-refractivity contribution in [3.8, 4) is 0 Å². The Balaban J connectivity index is 2.12. The summed E-state index contributed by atoms with van der Waals surface area (Å²) < 4.78 is 0. The molecule has 0 aromatic heterocycles. The van der Waals surface area contributed by atoms with Gasteiger partial charge in [0.2, 0.25) is 0 Å². The van der Waals surface area contributed by atoms with Crippen LogP contribution in [0.5, 0.6) is 0 Å². The standard InChI is InChI=1S/C20H31NO3/c1-4-6-17(21-24-11-5-2)20-18(22)12-16(13-19(20)23)15-9-7-14(3)8-10-15/h5,14-16,22H,2,4,6-13H2,1,3H3/b21-17-. The molecule has 0 spiro atoms. The summed E-state index contributed by atoms with van der Waals surface area (Å²) in [5, 5.41) is 14.6. The number of oxime groups is 1. The lowest BCUT2D eigenvalue weighted by atomic mass is 9.70. The fraction of sp³-hybridized carbons (Fsp3) is 0.700. The lowest BCUT2D eigenvalue weighted by molar-refractivity contribution is -0.117. The molecule has 1 atom stereocenters. The third kappa shape index (κ3) is 4.71. The minimum atomic E-state index is 0.0248. The van der Waals surface area contributed by atoms with Crippen molar-refractivity contribution < 1.29 is 14.7 Å². The number of carbonyl (C=O) groups excluding carboxylic acids is 1. The van der Waals surface area contributed by atoms with Gasteiger partial charge in [-0.15, -0.1) is 0 Å². The Hall–Kier alpha value is -1.58. The van der Waals surface area contributed by atoms with Crippen molar-refractivity contribution >= 4 is 11.5 Å². The molecule has 0 heterocycles. The molecule has 2 aliphatic rings. The molecule has 0 radical (unpaired) electrons. The van der Waals surface area contributed by atoms with Gasteiger partial charge in [0.05, 0.1) is 11.3 Å². The third-order valence-corrected chi connectivity index (χ3v) is 5.34. The third-order valence-electron chi connectivity index (χ3n) is 5.34. The van der Waals surface area contributed by atoms with Crippen LogP contribution in [0.3, 0.4) is 0 Å². The van der Waals surface area contributed by atoms with Crippen molar-refractivity contribution in [1.82, 2.24) is 0 Å². The quantitative estimate of drug-likeness (QED) is 0.310. The minimum absolute atomic E-state index is 0.0248. The molecule has 0 aliphatic heterocycles. The van der Waals surface area contributed by atoms with E-state index in [9.17, 15) is 9.90 Å². The van der Waals surface area contributed by atoms with E-state index < -0.39 is 0 Å². The molecule has 1 unspecified atom stereocenters. The molecule has 0 aromatic rings. The molecule has 0 aromatic carbocycles. The smallest absolute Gasteiger partial charge is 0.168 e. The van der Waals surface area contributed by atoms with Crippen molar-refractivity contribution in [1.29, 1.82) is 0 Å². The van der Waals surface area contributed by atoms with Crippen LogP contribution in [-0.2, 0) is 9.63 Å². The number of hydrogen-bond donors (Lipinski definition) is 1. The fourth-order valence-corrected chi connectivity index (χ4v) is 3.96. The summed E-state index contributed by atoms with van der Waals surface area (Å²) in [6.45, 7) is 8.22. The Morgan fingerprint density at radius 3 is 2.58 bits per heavy atom. The fourth-order valence-electron chi connectivity index (χ4n) is 3.96. The van der Waals surface area contributed by atoms with Crippen LogP contribution in [0.15, 0.2) is 29.1 Å². The zero-order chi connectivity index (χ0) is 17.5. The van der Waals surface area contributed by atoms with Gasteiger partial charge in [-0.2, -0.15) is 0 Å². The molecule has 4 heteroatoms. The maximum absolute atomic E-state index is 12.7. The maximum atomic E-state index is 12.7.